The van der Waals surface area contributed by atoms with Crippen LogP contribution < -0.4 is 15.8 Å². The molecule has 0 fully saturated rings. The van der Waals surface area contributed by atoms with Crippen molar-refractivity contribution in [2.75, 3.05) is 11.9 Å². The molecule has 1 aliphatic rings. The molecule has 0 spiro atoms. The van der Waals surface area contributed by atoms with Crippen LogP contribution in [0.25, 0.3) is 11.4 Å². The van der Waals surface area contributed by atoms with Crippen LogP contribution in [0.4, 0.5) is 5.69 Å². The van der Waals surface area contributed by atoms with Gasteiger partial charge >= 0.3 is 11.7 Å². The maximum absolute atomic E-state index is 12.8. The second kappa shape index (κ2) is 8.47. The molecule has 9 nitrogen and oxygen atoms in total. The number of carbonyl (C=O) groups is 2. The quantitative estimate of drug-likeness (QED) is 0.605. The number of anilines is 1. The molecule has 1 amide bonds. The summed E-state index contributed by atoms with van der Waals surface area (Å²) in [5.74, 6) is -0.632. The van der Waals surface area contributed by atoms with Gasteiger partial charge in [-0.1, -0.05) is 23.4 Å². The SMILES string of the molecule is CCOC(=O)C1CCc2cc(C)cc(NC(=O)c3ccc(-c4noc(=O)[nH]4)cc3)c2O1. The van der Waals surface area contributed by atoms with E-state index in [0.717, 1.165) is 11.1 Å². The van der Waals surface area contributed by atoms with Crippen LogP contribution in [0.1, 0.15) is 34.8 Å². The predicted molar refractivity (Wildman–Crippen MR) is 111 cm³/mol. The third-order valence-corrected chi connectivity index (χ3v) is 4.90. The van der Waals surface area contributed by atoms with Crippen LogP contribution in [0.3, 0.4) is 0 Å². The summed E-state index contributed by atoms with van der Waals surface area (Å²) in [4.78, 5) is 38.5. The first kappa shape index (κ1) is 20.4. The van der Waals surface area contributed by atoms with Crippen molar-refractivity contribution in [1.82, 2.24) is 10.1 Å². The molecule has 1 aliphatic heterocycles. The van der Waals surface area contributed by atoms with Crippen LogP contribution in [0.2, 0.25) is 0 Å². The number of benzene rings is 2. The number of hydrogen-bond donors (Lipinski definition) is 2. The van der Waals surface area contributed by atoms with Gasteiger partial charge in [0.2, 0.25) is 0 Å². The lowest BCUT2D eigenvalue weighted by molar-refractivity contribution is -0.152. The smallest absolute Gasteiger partial charge is 0.439 e. The van der Waals surface area contributed by atoms with Gasteiger partial charge in [0, 0.05) is 11.1 Å². The largest absolute Gasteiger partial charge is 0.476 e. The number of ether oxygens (including phenoxy) is 2. The lowest BCUT2D eigenvalue weighted by Gasteiger charge is -2.27. The Morgan fingerprint density at radius 2 is 2.03 bits per heavy atom. The number of carbonyl (C=O) groups excluding carboxylic acids is 2. The Hall–Kier alpha value is -3.88. The first-order valence-corrected chi connectivity index (χ1v) is 9.89. The number of H-pyrrole nitrogens is 1. The van der Waals surface area contributed by atoms with Crippen molar-refractivity contribution in [3.05, 3.63) is 63.6 Å². The molecule has 2 aromatic carbocycles. The number of aromatic amines is 1. The zero-order chi connectivity index (χ0) is 22.0. The van der Waals surface area contributed by atoms with Crippen molar-refractivity contribution >= 4 is 17.6 Å². The zero-order valence-electron chi connectivity index (χ0n) is 17.1. The Balaban J connectivity index is 1.55. The minimum absolute atomic E-state index is 0.279. The van der Waals surface area contributed by atoms with Gasteiger partial charge in [-0.05, 0) is 56.0 Å². The van der Waals surface area contributed by atoms with Crippen LogP contribution >= 0.6 is 0 Å². The van der Waals surface area contributed by atoms with Crippen molar-refractivity contribution in [2.45, 2.75) is 32.8 Å². The van der Waals surface area contributed by atoms with E-state index in [4.69, 9.17) is 9.47 Å². The highest BCUT2D eigenvalue weighted by Gasteiger charge is 2.29. The summed E-state index contributed by atoms with van der Waals surface area (Å²) in [7, 11) is 0. The molecule has 2 heterocycles. The van der Waals surface area contributed by atoms with Crippen LogP contribution in [0.5, 0.6) is 5.75 Å². The van der Waals surface area contributed by atoms with Gasteiger partial charge in [0.25, 0.3) is 5.91 Å². The normalized spacial score (nSPS) is 15.0. The number of aromatic nitrogens is 2. The van der Waals surface area contributed by atoms with Crippen molar-refractivity contribution in [3.63, 3.8) is 0 Å². The van der Waals surface area contributed by atoms with Gasteiger partial charge < -0.3 is 14.8 Å². The van der Waals surface area contributed by atoms with E-state index in [0.29, 0.717) is 35.4 Å². The van der Waals surface area contributed by atoms with E-state index in [1.807, 2.05) is 13.0 Å². The molecule has 2 N–H and O–H groups in total. The molecule has 1 aromatic heterocycles. The average Bonchev–Trinajstić information content (AvgIpc) is 3.20. The Morgan fingerprint density at radius 3 is 2.71 bits per heavy atom. The Labute approximate surface area is 177 Å². The highest BCUT2D eigenvalue weighted by Crippen LogP contribution is 2.37. The van der Waals surface area contributed by atoms with Gasteiger partial charge in [-0.15, -0.1) is 0 Å². The average molecular weight is 423 g/mol. The topological polar surface area (TPSA) is 124 Å². The standard InChI is InChI=1S/C22H21N3O6/c1-3-29-21(27)17-9-8-15-10-12(2)11-16(18(15)30-17)23-20(26)14-6-4-13(5-7-14)19-24-22(28)31-25-19/h4-7,10-11,17H,3,8-9H2,1-2H3,(H,23,26)(H,24,25,28). The van der Waals surface area contributed by atoms with Crippen molar-refractivity contribution in [3.8, 4) is 17.1 Å². The molecular weight excluding hydrogens is 402 g/mol. The lowest BCUT2D eigenvalue weighted by atomic mass is 9.98. The molecule has 0 radical (unpaired) electrons. The number of nitrogens with one attached hydrogen (secondary N) is 2. The first-order valence-electron chi connectivity index (χ1n) is 9.89. The van der Waals surface area contributed by atoms with E-state index in [2.05, 4.69) is 20.0 Å². The number of rotatable bonds is 5. The third kappa shape index (κ3) is 4.35. The molecule has 3 aromatic rings. The Morgan fingerprint density at radius 1 is 1.26 bits per heavy atom. The predicted octanol–water partition coefficient (Wildman–Crippen LogP) is 2.85. The van der Waals surface area contributed by atoms with Gasteiger partial charge in [0.15, 0.2) is 11.9 Å². The van der Waals surface area contributed by atoms with Crippen LogP contribution in [0.15, 0.2) is 45.7 Å². The summed E-state index contributed by atoms with van der Waals surface area (Å²) in [5.41, 5.74) is 3.41. The summed E-state index contributed by atoms with van der Waals surface area (Å²) < 4.78 is 15.5. The lowest BCUT2D eigenvalue weighted by Crippen LogP contribution is -2.33. The number of esters is 1. The van der Waals surface area contributed by atoms with Crippen LogP contribution in [-0.2, 0) is 16.0 Å². The second-order valence-electron chi connectivity index (χ2n) is 7.17. The van der Waals surface area contributed by atoms with Gasteiger partial charge in [0.1, 0.15) is 5.75 Å². The highest BCUT2D eigenvalue weighted by molar-refractivity contribution is 6.05. The summed E-state index contributed by atoms with van der Waals surface area (Å²) in [6, 6.07) is 10.3. The van der Waals surface area contributed by atoms with Crippen LogP contribution in [0, 0.1) is 6.92 Å². The molecule has 1 unspecified atom stereocenters. The van der Waals surface area contributed by atoms with E-state index < -0.39 is 17.8 Å². The van der Waals surface area contributed by atoms with Gasteiger partial charge in [-0.2, -0.15) is 0 Å². The maximum atomic E-state index is 12.8. The number of fused-ring (bicyclic) bond motifs is 1. The fraction of sp³-hybridized carbons (Fsp3) is 0.273. The molecule has 1 atom stereocenters. The minimum Gasteiger partial charge on any atom is -0.476 e. The monoisotopic (exact) mass is 423 g/mol. The Bertz CT molecular complexity index is 1180. The van der Waals surface area contributed by atoms with Gasteiger partial charge in [0.05, 0.1) is 12.3 Å². The molecule has 9 heteroatoms. The number of aryl methyl sites for hydroxylation is 2. The fourth-order valence-electron chi connectivity index (χ4n) is 3.48. The van der Waals surface area contributed by atoms with Crippen LogP contribution in [-0.4, -0.2) is 34.7 Å². The summed E-state index contributed by atoms with van der Waals surface area (Å²) in [6.07, 6.45) is 0.470. The maximum Gasteiger partial charge on any atom is 0.439 e. The van der Waals surface area contributed by atoms with Gasteiger partial charge in [-0.3, -0.25) is 14.3 Å². The molecule has 4 rings (SSSR count). The summed E-state index contributed by atoms with van der Waals surface area (Å²) in [5, 5.41) is 6.50. The minimum atomic E-state index is -0.699. The Kier molecular flexibility index (Phi) is 5.57. The van der Waals surface area contributed by atoms with E-state index in [9.17, 15) is 14.4 Å². The van der Waals surface area contributed by atoms with E-state index in [1.165, 1.54) is 0 Å². The molecular formula is C22H21N3O6. The molecule has 0 saturated heterocycles. The van der Waals surface area contributed by atoms with E-state index in [1.54, 1.807) is 37.3 Å². The zero-order valence-corrected chi connectivity index (χ0v) is 17.1. The summed E-state index contributed by atoms with van der Waals surface area (Å²) in [6.45, 7) is 3.96. The van der Waals surface area contributed by atoms with Crippen molar-refractivity contribution in [2.24, 2.45) is 0 Å². The number of amides is 1. The molecule has 0 saturated carbocycles. The van der Waals surface area contributed by atoms with E-state index >= 15 is 0 Å². The van der Waals surface area contributed by atoms with Crippen molar-refractivity contribution < 1.29 is 23.6 Å². The molecule has 0 aliphatic carbocycles. The summed E-state index contributed by atoms with van der Waals surface area (Å²) >= 11 is 0. The van der Waals surface area contributed by atoms with Crippen molar-refractivity contribution in [1.29, 1.82) is 0 Å². The van der Waals surface area contributed by atoms with Gasteiger partial charge in [-0.25, -0.2) is 9.59 Å². The number of nitrogens with zero attached hydrogens (tertiary/aromatic N) is 1. The molecule has 0 bridgehead atoms. The second-order valence-corrected chi connectivity index (χ2v) is 7.17. The fourth-order valence-corrected chi connectivity index (χ4v) is 3.48. The van der Waals surface area contributed by atoms with E-state index in [-0.39, 0.29) is 18.3 Å². The molecule has 31 heavy (non-hydrogen) atoms. The highest BCUT2D eigenvalue weighted by atomic mass is 16.6. The third-order valence-electron chi connectivity index (χ3n) is 4.90. The number of hydrogen-bond acceptors (Lipinski definition) is 7. The molecule has 160 valence electrons. The first-order chi connectivity index (χ1) is 14.9.